The van der Waals surface area contributed by atoms with Crippen molar-refractivity contribution < 1.29 is 41.8 Å². The van der Waals surface area contributed by atoms with Gasteiger partial charge in [-0.2, -0.15) is 8.42 Å². The maximum atomic E-state index is 11.4. The number of phenols is 2. The Bertz CT molecular complexity index is 1230. The molecule has 1 spiro atoms. The standard InChI is InChI=1S/C18H14N2O7S/c1-10-4-11-8-19-2-3-20-9-12-6-13(28(23,24)25)7-15(22)17(12)27-18(19,20)26-16(11)14(21)5-10/h4-9H,2-3H2,1H3,(H-2,21,22,23,24,25)/p+2. The fourth-order valence-corrected chi connectivity index (χ4v) is 4.30. The fraction of sp³-hybridized carbons (Fsp3) is 0.222. The quantitative estimate of drug-likeness (QED) is 0.471. The molecule has 3 aliphatic rings. The van der Waals surface area contributed by atoms with Crippen LogP contribution in [0, 0.1) is 6.92 Å². The predicted molar refractivity (Wildman–Crippen MR) is 95.3 cm³/mol. The van der Waals surface area contributed by atoms with E-state index in [9.17, 15) is 23.2 Å². The summed E-state index contributed by atoms with van der Waals surface area (Å²) in [6, 6.07) is 4.12. The Morgan fingerprint density at radius 3 is 2.04 bits per heavy atom. The van der Waals surface area contributed by atoms with E-state index in [0.717, 1.165) is 11.6 Å². The third-order valence-electron chi connectivity index (χ3n) is 4.98. The molecule has 3 heterocycles. The van der Waals surface area contributed by atoms with Gasteiger partial charge in [0.05, 0.1) is 16.0 Å². The summed E-state index contributed by atoms with van der Waals surface area (Å²) >= 11 is 0. The lowest BCUT2D eigenvalue weighted by Gasteiger charge is -2.27. The molecule has 5 rings (SSSR count). The summed E-state index contributed by atoms with van der Waals surface area (Å²) in [6.45, 7) is 2.88. The summed E-state index contributed by atoms with van der Waals surface area (Å²) < 4.78 is 47.7. The molecule has 0 amide bonds. The van der Waals surface area contributed by atoms with Crippen molar-refractivity contribution in [2.75, 3.05) is 13.1 Å². The van der Waals surface area contributed by atoms with Crippen LogP contribution in [0.5, 0.6) is 23.0 Å². The molecule has 2 aromatic rings. The first-order valence-electron chi connectivity index (χ1n) is 8.47. The van der Waals surface area contributed by atoms with Crippen molar-refractivity contribution in [3.63, 3.8) is 0 Å². The lowest BCUT2D eigenvalue weighted by Crippen LogP contribution is -2.59. The van der Waals surface area contributed by atoms with Crippen molar-refractivity contribution in [2.24, 2.45) is 0 Å². The molecule has 1 unspecified atom stereocenters. The minimum absolute atomic E-state index is 0.0130. The Balaban J connectivity index is 1.69. The Morgan fingerprint density at radius 2 is 1.46 bits per heavy atom. The van der Waals surface area contributed by atoms with Crippen LogP contribution in [0.3, 0.4) is 0 Å². The van der Waals surface area contributed by atoms with Gasteiger partial charge in [0.25, 0.3) is 10.1 Å². The summed E-state index contributed by atoms with van der Waals surface area (Å²) in [7, 11) is -4.49. The van der Waals surface area contributed by atoms with Crippen molar-refractivity contribution in [1.29, 1.82) is 0 Å². The van der Waals surface area contributed by atoms with E-state index in [1.807, 2.05) is 19.2 Å². The molecule has 3 aliphatic heterocycles. The number of nitrogens with zero attached hydrogens (tertiary/aromatic N) is 2. The predicted octanol–water partition coefficient (Wildman–Crippen LogP) is 0.626. The van der Waals surface area contributed by atoms with Gasteiger partial charge in [0.1, 0.15) is 0 Å². The van der Waals surface area contributed by atoms with Crippen molar-refractivity contribution in [3.05, 3.63) is 41.0 Å². The highest BCUT2D eigenvalue weighted by Gasteiger charge is 2.69. The smallest absolute Gasteiger partial charge is 0.504 e. The summed E-state index contributed by atoms with van der Waals surface area (Å²) in [5, 5.41) is 20.6. The summed E-state index contributed by atoms with van der Waals surface area (Å²) in [4.78, 5) is -0.440. The third-order valence-corrected chi connectivity index (χ3v) is 5.81. The van der Waals surface area contributed by atoms with Crippen LogP contribution in [-0.4, -0.2) is 63.9 Å². The second-order valence-electron chi connectivity index (χ2n) is 6.94. The van der Waals surface area contributed by atoms with E-state index in [2.05, 4.69) is 0 Å². The van der Waals surface area contributed by atoms with E-state index >= 15 is 0 Å². The lowest BCUT2D eigenvalue weighted by molar-refractivity contribution is -0.855. The monoisotopic (exact) mass is 404 g/mol. The molecule has 1 saturated heterocycles. The summed E-state index contributed by atoms with van der Waals surface area (Å²) in [5.41, 5.74) is 1.85. The SMILES string of the molecule is Cc1cc(O)c2c(c1)C=[N+]1CC[N+]3=Cc4cc(S(=O)(=O)O)cc(O)c4OC13O2. The molecular formula is C18H16N2O7S+2. The van der Waals surface area contributed by atoms with Crippen LogP contribution >= 0.6 is 0 Å². The number of ether oxygens (including phenoxy) is 2. The molecule has 0 saturated carbocycles. The zero-order valence-corrected chi connectivity index (χ0v) is 15.5. The number of phenolic OH excluding ortho intramolecular Hbond substituents is 2. The van der Waals surface area contributed by atoms with Crippen molar-refractivity contribution in [1.82, 2.24) is 0 Å². The fourth-order valence-electron chi connectivity index (χ4n) is 3.77. The molecule has 1 atom stereocenters. The Morgan fingerprint density at radius 1 is 0.929 bits per heavy atom. The summed E-state index contributed by atoms with van der Waals surface area (Å²) in [6.07, 6.45) is 3.41. The van der Waals surface area contributed by atoms with Crippen LogP contribution < -0.4 is 9.47 Å². The van der Waals surface area contributed by atoms with Gasteiger partial charge >= 0.3 is 6.03 Å². The molecule has 9 nitrogen and oxygen atoms in total. The van der Waals surface area contributed by atoms with Gasteiger partial charge in [-0.15, -0.1) is 0 Å². The van der Waals surface area contributed by atoms with Crippen molar-refractivity contribution in [2.45, 2.75) is 17.9 Å². The Kier molecular flexibility index (Phi) is 3.18. The Hall–Kier alpha value is -3.11. The van der Waals surface area contributed by atoms with Gasteiger partial charge in [-0.1, -0.05) is 9.15 Å². The van der Waals surface area contributed by atoms with Crippen LogP contribution in [0.15, 0.2) is 29.2 Å². The highest BCUT2D eigenvalue weighted by molar-refractivity contribution is 7.85. The minimum atomic E-state index is -4.49. The average molecular weight is 404 g/mol. The molecule has 0 aliphatic carbocycles. The maximum absolute atomic E-state index is 11.4. The molecule has 0 aromatic heterocycles. The molecule has 3 N–H and O–H groups in total. The van der Waals surface area contributed by atoms with Gasteiger partial charge in [-0.3, -0.25) is 4.55 Å². The number of hydrogen-bond donors (Lipinski definition) is 3. The van der Waals surface area contributed by atoms with Crippen LogP contribution in [0.4, 0.5) is 0 Å². The van der Waals surface area contributed by atoms with Gasteiger partial charge in [-0.05, 0) is 30.7 Å². The van der Waals surface area contributed by atoms with Crippen LogP contribution in [0.1, 0.15) is 16.7 Å². The second-order valence-corrected chi connectivity index (χ2v) is 8.36. The van der Waals surface area contributed by atoms with E-state index in [-0.39, 0.29) is 22.8 Å². The van der Waals surface area contributed by atoms with Gasteiger partial charge in [0.15, 0.2) is 35.4 Å². The highest BCUT2D eigenvalue weighted by atomic mass is 32.2. The van der Waals surface area contributed by atoms with E-state index < -0.39 is 26.8 Å². The van der Waals surface area contributed by atoms with Crippen LogP contribution in [0.2, 0.25) is 0 Å². The average Bonchev–Trinajstić information content (AvgIpc) is 2.95. The second kappa shape index (κ2) is 5.24. The molecule has 0 bridgehead atoms. The van der Waals surface area contributed by atoms with Gasteiger partial charge in [0.2, 0.25) is 13.1 Å². The van der Waals surface area contributed by atoms with E-state index in [1.165, 1.54) is 6.07 Å². The van der Waals surface area contributed by atoms with Crippen LogP contribution in [-0.2, 0) is 10.1 Å². The molecule has 10 heteroatoms. The largest absolute Gasteiger partial charge is 0.704 e. The highest BCUT2D eigenvalue weighted by Crippen LogP contribution is 2.44. The first-order valence-corrected chi connectivity index (χ1v) is 9.91. The van der Waals surface area contributed by atoms with E-state index in [0.29, 0.717) is 18.7 Å². The lowest BCUT2D eigenvalue weighted by atomic mass is 10.1. The first-order chi connectivity index (χ1) is 13.2. The molecule has 0 radical (unpaired) electrons. The number of benzene rings is 2. The van der Waals surface area contributed by atoms with Crippen LogP contribution in [0.25, 0.3) is 0 Å². The number of fused-ring (bicyclic) bond motifs is 2. The minimum Gasteiger partial charge on any atom is -0.504 e. The van der Waals surface area contributed by atoms with Crippen molar-refractivity contribution >= 4 is 22.5 Å². The summed E-state index contributed by atoms with van der Waals surface area (Å²) in [5.74, 6) is -0.226. The van der Waals surface area contributed by atoms with E-state index in [1.54, 1.807) is 21.4 Å². The number of rotatable bonds is 1. The van der Waals surface area contributed by atoms with Gasteiger partial charge in [0, 0.05) is 6.07 Å². The first kappa shape index (κ1) is 17.0. The Labute approximate surface area is 159 Å². The third kappa shape index (κ3) is 2.25. The van der Waals surface area contributed by atoms with E-state index in [4.69, 9.17) is 9.47 Å². The topological polar surface area (TPSA) is 119 Å². The molecule has 28 heavy (non-hydrogen) atoms. The van der Waals surface area contributed by atoms with Crippen molar-refractivity contribution in [3.8, 4) is 23.0 Å². The van der Waals surface area contributed by atoms with Gasteiger partial charge in [-0.25, -0.2) is 0 Å². The normalized spacial score (nSPS) is 21.9. The number of aromatic hydroxyl groups is 2. The molecule has 1 fully saturated rings. The number of hydrogen-bond acceptors (Lipinski definition) is 6. The molecular weight excluding hydrogens is 388 g/mol. The zero-order chi connectivity index (χ0) is 19.8. The molecule has 144 valence electrons. The maximum Gasteiger partial charge on any atom is 0.704 e. The molecule has 2 aromatic carbocycles. The number of aryl methyl sites for hydroxylation is 1. The van der Waals surface area contributed by atoms with Gasteiger partial charge < -0.3 is 19.7 Å². The zero-order valence-electron chi connectivity index (χ0n) is 14.7.